The summed E-state index contributed by atoms with van der Waals surface area (Å²) in [5, 5.41) is 17.9. The molecular weight excluding hydrogens is 264 g/mol. The number of benzene rings is 2. The van der Waals surface area contributed by atoms with E-state index >= 15 is 0 Å². The lowest BCUT2D eigenvalue weighted by atomic mass is 9.87. The number of hydrogen-bond acceptors (Lipinski definition) is 3. The first kappa shape index (κ1) is 18.7. The van der Waals surface area contributed by atoms with Gasteiger partial charge in [-0.1, -0.05) is 51.1 Å². The molecule has 0 aliphatic rings. The average Bonchev–Trinajstić information content (AvgIpc) is 2.44. The van der Waals surface area contributed by atoms with Gasteiger partial charge in [-0.25, -0.2) is 0 Å². The summed E-state index contributed by atoms with van der Waals surface area (Å²) in [4.78, 5) is 8.00. The standard InChI is InChI=1S/C10H14O.C7H8O.CH2O/c1-10(2,3)8-4-6-9(11)7-5-8;1-6-4-2-3-5-7(6)8;1-2/h4-7,11H,1-3H3;2-5,8H,1H3;1H2. The summed E-state index contributed by atoms with van der Waals surface area (Å²) in [7, 11) is 0. The van der Waals surface area contributed by atoms with Crippen molar-refractivity contribution in [2.24, 2.45) is 0 Å². The van der Waals surface area contributed by atoms with Crippen LogP contribution in [0, 0.1) is 6.92 Å². The van der Waals surface area contributed by atoms with Crippen LogP contribution in [-0.4, -0.2) is 17.0 Å². The summed E-state index contributed by atoms with van der Waals surface area (Å²) in [6.45, 7) is 10.3. The molecule has 0 amide bonds. The van der Waals surface area contributed by atoms with Crippen molar-refractivity contribution < 1.29 is 15.0 Å². The molecular formula is C18H24O3. The van der Waals surface area contributed by atoms with Crippen LogP contribution in [-0.2, 0) is 10.2 Å². The number of hydrogen-bond donors (Lipinski definition) is 2. The molecule has 0 heterocycles. The molecule has 0 saturated carbocycles. The molecule has 2 rings (SSSR count). The van der Waals surface area contributed by atoms with Crippen LogP contribution < -0.4 is 0 Å². The van der Waals surface area contributed by atoms with Gasteiger partial charge < -0.3 is 15.0 Å². The van der Waals surface area contributed by atoms with Gasteiger partial charge in [0.2, 0.25) is 0 Å². The van der Waals surface area contributed by atoms with E-state index in [2.05, 4.69) is 20.8 Å². The molecule has 0 aliphatic heterocycles. The molecule has 2 N–H and O–H groups in total. The van der Waals surface area contributed by atoms with Crippen molar-refractivity contribution in [2.75, 3.05) is 0 Å². The Morgan fingerprint density at radius 2 is 1.33 bits per heavy atom. The van der Waals surface area contributed by atoms with Gasteiger partial charge in [0.15, 0.2) is 0 Å². The number of rotatable bonds is 0. The highest BCUT2D eigenvalue weighted by molar-refractivity contribution is 5.30. The van der Waals surface area contributed by atoms with Gasteiger partial charge >= 0.3 is 0 Å². The normalized spacial score (nSPS) is 9.71. The molecule has 0 saturated heterocycles. The van der Waals surface area contributed by atoms with Crippen molar-refractivity contribution >= 4 is 6.79 Å². The first-order valence-electron chi connectivity index (χ1n) is 6.63. The van der Waals surface area contributed by atoms with E-state index in [0.29, 0.717) is 11.5 Å². The number of para-hydroxylation sites is 1. The van der Waals surface area contributed by atoms with E-state index in [0.717, 1.165) is 5.56 Å². The highest BCUT2D eigenvalue weighted by Crippen LogP contribution is 2.23. The lowest BCUT2D eigenvalue weighted by Crippen LogP contribution is -2.10. The van der Waals surface area contributed by atoms with Crippen LogP contribution in [0.2, 0.25) is 0 Å². The van der Waals surface area contributed by atoms with Gasteiger partial charge in [-0.2, -0.15) is 0 Å². The third-order valence-electron chi connectivity index (χ3n) is 2.85. The Balaban J connectivity index is 0.000000354. The summed E-state index contributed by atoms with van der Waals surface area (Å²) >= 11 is 0. The first-order chi connectivity index (χ1) is 9.80. The summed E-state index contributed by atoms with van der Waals surface area (Å²) in [5.74, 6) is 0.700. The molecule has 0 spiro atoms. The largest absolute Gasteiger partial charge is 0.508 e. The van der Waals surface area contributed by atoms with Gasteiger partial charge in [0, 0.05) is 0 Å². The zero-order chi connectivity index (χ0) is 16.5. The maximum atomic E-state index is 9.02. The van der Waals surface area contributed by atoms with Crippen molar-refractivity contribution in [1.29, 1.82) is 0 Å². The zero-order valence-electron chi connectivity index (χ0n) is 13.1. The Morgan fingerprint density at radius 1 is 0.857 bits per heavy atom. The van der Waals surface area contributed by atoms with E-state index in [4.69, 9.17) is 15.0 Å². The van der Waals surface area contributed by atoms with Gasteiger partial charge in [0.1, 0.15) is 18.3 Å². The molecule has 0 radical (unpaired) electrons. The highest BCUT2D eigenvalue weighted by atomic mass is 16.3. The van der Waals surface area contributed by atoms with Crippen LogP contribution in [0.3, 0.4) is 0 Å². The molecule has 3 nitrogen and oxygen atoms in total. The van der Waals surface area contributed by atoms with E-state index in [9.17, 15) is 0 Å². The van der Waals surface area contributed by atoms with Crippen molar-refractivity contribution in [3.05, 3.63) is 59.7 Å². The van der Waals surface area contributed by atoms with Crippen molar-refractivity contribution in [1.82, 2.24) is 0 Å². The molecule has 3 heteroatoms. The summed E-state index contributed by atoms with van der Waals surface area (Å²) in [6, 6.07) is 14.6. The molecule has 0 atom stereocenters. The van der Waals surface area contributed by atoms with Gasteiger partial charge in [-0.15, -0.1) is 0 Å². The van der Waals surface area contributed by atoms with E-state index in [1.165, 1.54) is 5.56 Å². The van der Waals surface area contributed by atoms with Crippen molar-refractivity contribution in [3.63, 3.8) is 0 Å². The van der Waals surface area contributed by atoms with Crippen LogP contribution in [0.4, 0.5) is 0 Å². The fourth-order valence-electron chi connectivity index (χ4n) is 1.52. The van der Waals surface area contributed by atoms with E-state index < -0.39 is 0 Å². The molecule has 114 valence electrons. The minimum atomic E-state index is 0.174. The third-order valence-corrected chi connectivity index (χ3v) is 2.85. The molecule has 2 aromatic rings. The Bertz CT molecular complexity index is 504. The fourth-order valence-corrected chi connectivity index (χ4v) is 1.52. The zero-order valence-corrected chi connectivity index (χ0v) is 13.1. The predicted molar refractivity (Wildman–Crippen MR) is 86.8 cm³/mol. The van der Waals surface area contributed by atoms with E-state index in [1.807, 2.05) is 44.0 Å². The Hall–Kier alpha value is -2.29. The first-order valence-corrected chi connectivity index (χ1v) is 6.63. The Morgan fingerprint density at radius 3 is 1.67 bits per heavy atom. The second-order valence-electron chi connectivity index (χ2n) is 5.58. The summed E-state index contributed by atoms with van der Waals surface area (Å²) in [5.41, 5.74) is 2.34. The van der Waals surface area contributed by atoms with Crippen molar-refractivity contribution in [3.8, 4) is 11.5 Å². The number of aryl methyl sites for hydroxylation is 1. The SMILES string of the molecule is C=O.CC(C)(C)c1ccc(O)cc1.Cc1ccccc1O. The Kier molecular flexibility index (Phi) is 7.84. The van der Waals surface area contributed by atoms with E-state index in [1.54, 1.807) is 18.2 Å². The topological polar surface area (TPSA) is 57.5 Å². The molecule has 0 bridgehead atoms. The number of phenolic OH excluding ortho intramolecular Hbond substituents is 2. The van der Waals surface area contributed by atoms with Crippen LogP contribution in [0.15, 0.2) is 48.5 Å². The number of phenols is 2. The van der Waals surface area contributed by atoms with Crippen LogP contribution in [0.5, 0.6) is 11.5 Å². The number of aromatic hydroxyl groups is 2. The minimum Gasteiger partial charge on any atom is -0.508 e. The quantitative estimate of drug-likeness (QED) is 0.763. The maximum Gasteiger partial charge on any atom is 0.118 e. The van der Waals surface area contributed by atoms with Gasteiger partial charge in [0.05, 0.1) is 0 Å². The Labute approximate surface area is 126 Å². The molecule has 2 aromatic carbocycles. The molecule has 21 heavy (non-hydrogen) atoms. The lowest BCUT2D eigenvalue weighted by Gasteiger charge is -2.18. The van der Waals surface area contributed by atoms with Crippen LogP contribution in [0.1, 0.15) is 31.9 Å². The van der Waals surface area contributed by atoms with Crippen LogP contribution >= 0.6 is 0 Å². The summed E-state index contributed by atoms with van der Waals surface area (Å²) < 4.78 is 0. The third kappa shape index (κ3) is 7.16. The number of carbonyl (C=O) groups is 1. The molecule has 0 unspecified atom stereocenters. The highest BCUT2D eigenvalue weighted by Gasteiger charge is 2.12. The van der Waals surface area contributed by atoms with Crippen LogP contribution in [0.25, 0.3) is 0 Å². The number of carbonyl (C=O) groups excluding carboxylic acids is 1. The monoisotopic (exact) mass is 288 g/mol. The van der Waals surface area contributed by atoms with Gasteiger partial charge in [-0.05, 0) is 41.7 Å². The fraction of sp³-hybridized carbons (Fsp3) is 0.278. The van der Waals surface area contributed by atoms with E-state index in [-0.39, 0.29) is 5.41 Å². The van der Waals surface area contributed by atoms with Crippen molar-refractivity contribution in [2.45, 2.75) is 33.1 Å². The minimum absolute atomic E-state index is 0.174. The smallest absolute Gasteiger partial charge is 0.118 e. The maximum absolute atomic E-state index is 9.02. The van der Waals surface area contributed by atoms with Gasteiger partial charge in [-0.3, -0.25) is 0 Å². The predicted octanol–water partition coefficient (Wildman–Crippen LogP) is 4.21. The van der Waals surface area contributed by atoms with Gasteiger partial charge in [0.25, 0.3) is 0 Å². The average molecular weight is 288 g/mol. The molecule has 0 aliphatic carbocycles. The second kappa shape index (κ2) is 8.80. The lowest BCUT2D eigenvalue weighted by molar-refractivity contribution is -0.0979. The summed E-state index contributed by atoms with van der Waals surface area (Å²) in [6.07, 6.45) is 0. The molecule has 0 aromatic heterocycles. The second-order valence-corrected chi connectivity index (χ2v) is 5.58. The molecule has 0 fully saturated rings.